The minimum atomic E-state index is -0.964. The highest BCUT2D eigenvalue weighted by Crippen LogP contribution is 2.16. The normalized spacial score (nSPS) is 11.9. The number of nitrogens with one attached hydrogen (secondary N) is 1. The van der Waals surface area contributed by atoms with E-state index in [2.05, 4.69) is 5.32 Å². The fourth-order valence-electron chi connectivity index (χ4n) is 2.07. The van der Waals surface area contributed by atoms with Gasteiger partial charge in [-0.2, -0.15) is 0 Å². The predicted molar refractivity (Wildman–Crippen MR) is 93.1 cm³/mol. The number of benzene rings is 1. The molecule has 2 aromatic rings. The van der Waals surface area contributed by atoms with Crippen LogP contribution < -0.4 is 5.32 Å². The van der Waals surface area contributed by atoms with Gasteiger partial charge in [0.2, 0.25) is 0 Å². The number of carbonyl (C=O) groups excluding carboxylic acids is 2. The third-order valence-corrected chi connectivity index (χ3v) is 3.39. The minimum absolute atomic E-state index is 0.133. The molecule has 0 aliphatic heterocycles. The quantitative estimate of drug-likeness (QED) is 0.336. The maximum atomic E-state index is 11.9. The Kier molecular flexibility index (Phi) is 6.67. The first-order chi connectivity index (χ1) is 12.5. The van der Waals surface area contributed by atoms with Crippen molar-refractivity contribution in [3.8, 4) is 0 Å². The molecule has 8 heteroatoms. The summed E-state index contributed by atoms with van der Waals surface area (Å²) in [6.07, 6.45) is 1.98. The van der Waals surface area contributed by atoms with Gasteiger partial charge in [-0.05, 0) is 31.1 Å². The van der Waals surface area contributed by atoms with Crippen molar-refractivity contribution in [2.24, 2.45) is 0 Å². The van der Waals surface area contributed by atoms with Gasteiger partial charge in [0.1, 0.15) is 10.7 Å². The van der Waals surface area contributed by atoms with Crippen LogP contribution in [0, 0.1) is 10.1 Å². The largest absolute Gasteiger partial charge is 0.449 e. The van der Waals surface area contributed by atoms with Crippen LogP contribution in [-0.4, -0.2) is 29.4 Å². The average Bonchev–Trinajstić information content (AvgIpc) is 3.10. The molecule has 0 radical (unpaired) electrons. The molecule has 0 saturated carbocycles. The van der Waals surface area contributed by atoms with Gasteiger partial charge in [-0.1, -0.05) is 30.3 Å². The van der Waals surface area contributed by atoms with E-state index in [1.807, 2.05) is 30.3 Å². The van der Waals surface area contributed by atoms with Crippen molar-refractivity contribution in [1.29, 1.82) is 0 Å². The topological polar surface area (TPSA) is 112 Å². The van der Waals surface area contributed by atoms with E-state index < -0.39 is 28.8 Å². The van der Waals surface area contributed by atoms with Crippen LogP contribution >= 0.6 is 0 Å². The first-order valence-electron chi connectivity index (χ1n) is 7.90. The summed E-state index contributed by atoms with van der Waals surface area (Å²) in [5.41, 5.74) is 1.09. The molecule has 1 amide bonds. The molecular formula is C18H18N2O6. The maximum absolute atomic E-state index is 11.9. The van der Waals surface area contributed by atoms with E-state index in [-0.39, 0.29) is 5.76 Å². The van der Waals surface area contributed by atoms with Gasteiger partial charge in [0, 0.05) is 12.6 Å². The molecule has 136 valence electrons. The van der Waals surface area contributed by atoms with Gasteiger partial charge in [0.15, 0.2) is 6.10 Å². The molecule has 8 nitrogen and oxygen atoms in total. The highest BCUT2D eigenvalue weighted by molar-refractivity contribution is 5.90. The molecule has 0 bridgehead atoms. The monoisotopic (exact) mass is 358 g/mol. The van der Waals surface area contributed by atoms with E-state index >= 15 is 0 Å². The standard InChI is InChI=1S/C18H18N2O6/c1-13(18(22)19-12-11-14-5-3-2-4-6-14)25-17(21)10-8-15-7-9-16(26-15)20(23)24/h2-10,13H,11-12H2,1H3,(H,19,22)/b10-8+/t13-/m0/s1. The predicted octanol–water partition coefficient (Wildman–Crippen LogP) is 2.49. The Hall–Kier alpha value is -3.42. The molecule has 0 aliphatic rings. The lowest BCUT2D eigenvalue weighted by molar-refractivity contribution is -0.402. The number of esters is 1. The van der Waals surface area contributed by atoms with Crippen molar-refractivity contribution in [3.63, 3.8) is 0 Å². The third-order valence-electron chi connectivity index (χ3n) is 3.39. The molecule has 1 N–H and O–H groups in total. The Morgan fingerprint density at radius 2 is 2.00 bits per heavy atom. The Balaban J connectivity index is 1.75. The van der Waals surface area contributed by atoms with Gasteiger partial charge >= 0.3 is 11.9 Å². The van der Waals surface area contributed by atoms with Crippen LogP contribution in [0.3, 0.4) is 0 Å². The lowest BCUT2D eigenvalue weighted by Gasteiger charge is -2.12. The second kappa shape index (κ2) is 9.16. The molecule has 0 saturated heterocycles. The zero-order valence-electron chi connectivity index (χ0n) is 14.1. The van der Waals surface area contributed by atoms with Crippen molar-refractivity contribution >= 4 is 23.8 Å². The number of amides is 1. The molecule has 26 heavy (non-hydrogen) atoms. The third kappa shape index (κ3) is 5.90. The Morgan fingerprint density at radius 1 is 1.27 bits per heavy atom. The summed E-state index contributed by atoms with van der Waals surface area (Å²) < 4.78 is 9.85. The molecular weight excluding hydrogens is 340 g/mol. The molecule has 2 rings (SSSR count). The van der Waals surface area contributed by atoms with Crippen LogP contribution in [0.5, 0.6) is 0 Å². The van der Waals surface area contributed by atoms with Crippen LogP contribution in [0.25, 0.3) is 6.08 Å². The molecule has 0 spiro atoms. The number of carbonyl (C=O) groups is 2. The Labute approximate surface area is 149 Å². The van der Waals surface area contributed by atoms with Crippen LogP contribution in [0.2, 0.25) is 0 Å². The molecule has 0 unspecified atom stereocenters. The fourth-order valence-corrected chi connectivity index (χ4v) is 2.07. The summed E-state index contributed by atoms with van der Waals surface area (Å²) >= 11 is 0. The fraction of sp³-hybridized carbons (Fsp3) is 0.222. The van der Waals surface area contributed by atoms with Crippen LogP contribution in [0.15, 0.2) is 53.0 Å². The Bertz CT molecular complexity index is 797. The summed E-state index contributed by atoms with van der Waals surface area (Å²) in [5.74, 6) is -1.45. The zero-order chi connectivity index (χ0) is 18.9. The average molecular weight is 358 g/mol. The lowest BCUT2D eigenvalue weighted by atomic mass is 10.1. The van der Waals surface area contributed by atoms with Crippen LogP contribution in [0.1, 0.15) is 18.2 Å². The van der Waals surface area contributed by atoms with E-state index in [0.29, 0.717) is 13.0 Å². The number of hydrogen-bond donors (Lipinski definition) is 1. The lowest BCUT2D eigenvalue weighted by Crippen LogP contribution is -2.36. The maximum Gasteiger partial charge on any atom is 0.433 e. The summed E-state index contributed by atoms with van der Waals surface area (Å²) in [7, 11) is 0. The molecule has 0 aliphatic carbocycles. The van der Waals surface area contributed by atoms with E-state index in [1.165, 1.54) is 25.1 Å². The zero-order valence-corrected chi connectivity index (χ0v) is 14.1. The number of rotatable bonds is 8. The molecule has 1 aromatic carbocycles. The van der Waals surface area contributed by atoms with Crippen molar-refractivity contribution in [3.05, 3.63) is 70.0 Å². The number of ether oxygens (including phenoxy) is 1. The first-order valence-corrected chi connectivity index (χ1v) is 7.90. The van der Waals surface area contributed by atoms with Crippen molar-refractivity contribution in [1.82, 2.24) is 5.32 Å². The van der Waals surface area contributed by atoms with Crippen molar-refractivity contribution in [2.45, 2.75) is 19.4 Å². The number of furan rings is 1. The van der Waals surface area contributed by atoms with Gasteiger partial charge < -0.3 is 14.5 Å². The SMILES string of the molecule is C[C@H](OC(=O)/C=C/c1ccc([N+](=O)[O-])o1)C(=O)NCCc1ccccc1. The smallest absolute Gasteiger partial charge is 0.433 e. The first kappa shape index (κ1) is 18.9. The van der Waals surface area contributed by atoms with Gasteiger partial charge in [0.05, 0.1) is 6.07 Å². The summed E-state index contributed by atoms with van der Waals surface area (Å²) in [5, 5.41) is 13.2. The van der Waals surface area contributed by atoms with Crippen LogP contribution in [0.4, 0.5) is 5.88 Å². The second-order valence-electron chi connectivity index (χ2n) is 5.37. The molecule has 0 fully saturated rings. The highest BCUT2D eigenvalue weighted by Gasteiger charge is 2.16. The Morgan fingerprint density at radius 3 is 2.65 bits per heavy atom. The van der Waals surface area contributed by atoms with E-state index in [1.54, 1.807) is 0 Å². The van der Waals surface area contributed by atoms with E-state index in [4.69, 9.17) is 9.15 Å². The van der Waals surface area contributed by atoms with Gasteiger partial charge in [-0.15, -0.1) is 0 Å². The van der Waals surface area contributed by atoms with Crippen molar-refractivity contribution in [2.75, 3.05) is 6.54 Å². The van der Waals surface area contributed by atoms with E-state index in [9.17, 15) is 19.7 Å². The van der Waals surface area contributed by atoms with Crippen LogP contribution in [-0.2, 0) is 20.7 Å². The summed E-state index contributed by atoms with van der Waals surface area (Å²) in [4.78, 5) is 33.4. The summed E-state index contributed by atoms with van der Waals surface area (Å²) in [6, 6.07) is 12.2. The van der Waals surface area contributed by atoms with Gasteiger partial charge in [-0.3, -0.25) is 14.9 Å². The van der Waals surface area contributed by atoms with Gasteiger partial charge in [-0.25, -0.2) is 4.79 Å². The number of hydrogen-bond acceptors (Lipinski definition) is 6. The van der Waals surface area contributed by atoms with E-state index in [0.717, 1.165) is 11.6 Å². The van der Waals surface area contributed by atoms with Gasteiger partial charge in [0.25, 0.3) is 5.91 Å². The molecule has 1 aromatic heterocycles. The highest BCUT2D eigenvalue weighted by atomic mass is 16.6. The number of nitro groups is 1. The molecule has 1 heterocycles. The number of nitrogens with zero attached hydrogens (tertiary/aromatic N) is 1. The molecule has 1 atom stereocenters. The summed E-state index contributed by atoms with van der Waals surface area (Å²) in [6.45, 7) is 1.89. The van der Waals surface area contributed by atoms with Crippen molar-refractivity contribution < 1.29 is 23.7 Å². The second-order valence-corrected chi connectivity index (χ2v) is 5.37. The minimum Gasteiger partial charge on any atom is -0.449 e.